The average Bonchev–Trinajstić information content (AvgIpc) is 2.98. The van der Waals surface area contributed by atoms with Gasteiger partial charge in [-0.05, 0) is 39.8 Å². The van der Waals surface area contributed by atoms with Gasteiger partial charge in [-0.3, -0.25) is 4.68 Å². The highest BCUT2D eigenvalue weighted by molar-refractivity contribution is 6.61. The van der Waals surface area contributed by atoms with Crippen LogP contribution >= 0.6 is 0 Å². The minimum Gasteiger partial charge on any atom is -0.398 e. The smallest absolute Gasteiger partial charge is 0.398 e. The summed E-state index contributed by atoms with van der Waals surface area (Å²) in [6, 6.07) is 5.87. The fraction of sp³-hybridized carbons (Fsp3) is 0.438. The van der Waals surface area contributed by atoms with Gasteiger partial charge in [0.1, 0.15) is 0 Å². The van der Waals surface area contributed by atoms with Gasteiger partial charge >= 0.3 is 7.12 Å². The van der Waals surface area contributed by atoms with Crippen molar-refractivity contribution in [1.29, 1.82) is 0 Å². The first-order valence-corrected chi connectivity index (χ1v) is 7.51. The molecule has 0 radical (unpaired) electrons. The lowest BCUT2D eigenvalue weighted by molar-refractivity contribution is 0.00578. The molecule has 122 valence electrons. The van der Waals surface area contributed by atoms with E-state index in [0.717, 1.165) is 6.07 Å². The summed E-state index contributed by atoms with van der Waals surface area (Å²) in [4.78, 5) is 0. The van der Waals surface area contributed by atoms with Gasteiger partial charge in [-0.25, -0.2) is 8.78 Å². The number of aromatic nitrogens is 2. The van der Waals surface area contributed by atoms with Crippen LogP contribution in [0.4, 0.5) is 8.78 Å². The summed E-state index contributed by atoms with van der Waals surface area (Å²) in [5.74, 6) is -1.71. The summed E-state index contributed by atoms with van der Waals surface area (Å²) in [5.41, 5.74) is -0.0410. The van der Waals surface area contributed by atoms with Crippen molar-refractivity contribution in [2.75, 3.05) is 0 Å². The van der Waals surface area contributed by atoms with Crippen LogP contribution in [-0.4, -0.2) is 28.1 Å². The summed E-state index contributed by atoms with van der Waals surface area (Å²) in [6.45, 7) is 8.00. The molecular weight excluding hydrogens is 301 g/mol. The molecule has 1 aromatic heterocycles. The van der Waals surface area contributed by atoms with Crippen molar-refractivity contribution in [2.24, 2.45) is 0 Å². The van der Waals surface area contributed by atoms with E-state index in [-0.39, 0.29) is 12.1 Å². The zero-order chi connectivity index (χ0) is 16.8. The molecule has 0 amide bonds. The van der Waals surface area contributed by atoms with Crippen LogP contribution in [-0.2, 0) is 15.9 Å². The molecule has 2 aromatic rings. The molecule has 0 N–H and O–H groups in total. The Morgan fingerprint density at radius 1 is 1.09 bits per heavy atom. The Kier molecular flexibility index (Phi) is 3.81. The third-order valence-corrected chi connectivity index (χ3v) is 4.52. The van der Waals surface area contributed by atoms with Crippen molar-refractivity contribution < 1.29 is 18.1 Å². The van der Waals surface area contributed by atoms with Crippen molar-refractivity contribution in [3.05, 3.63) is 47.7 Å². The second-order valence-electron chi connectivity index (χ2n) is 6.74. The molecule has 1 aromatic carbocycles. The number of hydrogen-bond donors (Lipinski definition) is 0. The fourth-order valence-electron chi connectivity index (χ4n) is 2.40. The van der Waals surface area contributed by atoms with Gasteiger partial charge in [-0.1, -0.05) is 12.1 Å². The SMILES string of the molecule is CC1(C)OB(c2ccn(Cc3cccc(F)c3F)n2)OC1(C)C. The van der Waals surface area contributed by atoms with Crippen molar-refractivity contribution in [3.8, 4) is 0 Å². The molecule has 0 aliphatic carbocycles. The Hall–Kier alpha value is -1.73. The molecule has 1 saturated heterocycles. The molecule has 1 aliphatic heterocycles. The first-order chi connectivity index (χ1) is 10.7. The summed E-state index contributed by atoms with van der Waals surface area (Å²) in [5, 5.41) is 4.37. The van der Waals surface area contributed by atoms with Gasteiger partial charge in [0.05, 0.1) is 23.3 Å². The van der Waals surface area contributed by atoms with Crippen LogP contribution in [0.25, 0.3) is 0 Å². The van der Waals surface area contributed by atoms with E-state index in [1.807, 2.05) is 27.7 Å². The van der Waals surface area contributed by atoms with Gasteiger partial charge in [0, 0.05) is 11.8 Å². The predicted molar refractivity (Wildman–Crippen MR) is 83.4 cm³/mol. The van der Waals surface area contributed by atoms with Crippen molar-refractivity contribution >= 4 is 12.7 Å². The number of benzene rings is 1. The monoisotopic (exact) mass is 320 g/mol. The van der Waals surface area contributed by atoms with Crippen LogP contribution in [0.5, 0.6) is 0 Å². The van der Waals surface area contributed by atoms with E-state index in [0.29, 0.717) is 5.59 Å². The average molecular weight is 320 g/mol. The normalized spacial score (nSPS) is 19.3. The molecule has 0 unspecified atom stereocenters. The third kappa shape index (κ3) is 2.91. The van der Waals surface area contributed by atoms with E-state index in [1.165, 1.54) is 16.8 Å². The summed E-state index contributed by atoms with van der Waals surface area (Å²) < 4.78 is 40.4. The number of halogens is 2. The molecule has 4 nitrogen and oxygen atoms in total. The predicted octanol–water partition coefficient (Wildman–Crippen LogP) is 2.51. The van der Waals surface area contributed by atoms with Gasteiger partial charge < -0.3 is 9.31 Å². The first-order valence-electron chi connectivity index (χ1n) is 7.51. The van der Waals surface area contributed by atoms with Gasteiger partial charge in [0.15, 0.2) is 11.6 Å². The largest absolute Gasteiger partial charge is 0.516 e. The zero-order valence-electron chi connectivity index (χ0n) is 13.6. The number of hydrogen-bond acceptors (Lipinski definition) is 3. The van der Waals surface area contributed by atoms with E-state index in [2.05, 4.69) is 5.10 Å². The highest BCUT2D eigenvalue weighted by Gasteiger charge is 2.52. The third-order valence-electron chi connectivity index (χ3n) is 4.52. The van der Waals surface area contributed by atoms with Gasteiger partial charge in [-0.15, -0.1) is 0 Å². The molecular formula is C16H19BF2N2O2. The molecule has 2 heterocycles. The minimum atomic E-state index is -0.860. The van der Waals surface area contributed by atoms with Crippen molar-refractivity contribution in [1.82, 2.24) is 9.78 Å². The first kappa shape index (κ1) is 16.1. The Bertz CT molecular complexity index is 715. The Labute approximate surface area is 134 Å². The van der Waals surface area contributed by atoms with E-state index in [9.17, 15) is 8.78 Å². The fourth-order valence-corrected chi connectivity index (χ4v) is 2.40. The molecule has 0 spiro atoms. The maximum absolute atomic E-state index is 13.7. The lowest BCUT2D eigenvalue weighted by Crippen LogP contribution is -2.41. The van der Waals surface area contributed by atoms with Crippen LogP contribution in [0, 0.1) is 11.6 Å². The van der Waals surface area contributed by atoms with Crippen LogP contribution < -0.4 is 5.59 Å². The summed E-state index contributed by atoms with van der Waals surface area (Å²) >= 11 is 0. The molecule has 23 heavy (non-hydrogen) atoms. The van der Waals surface area contributed by atoms with E-state index < -0.39 is 30.0 Å². The van der Waals surface area contributed by atoms with E-state index >= 15 is 0 Å². The minimum absolute atomic E-state index is 0.142. The molecule has 1 aliphatic rings. The Balaban J connectivity index is 1.78. The second kappa shape index (κ2) is 5.42. The maximum Gasteiger partial charge on any atom is 0.516 e. The lowest BCUT2D eigenvalue weighted by Gasteiger charge is -2.32. The van der Waals surface area contributed by atoms with Crippen LogP contribution in [0.2, 0.25) is 0 Å². The zero-order valence-corrected chi connectivity index (χ0v) is 13.6. The molecule has 1 fully saturated rings. The van der Waals surface area contributed by atoms with E-state index in [1.54, 1.807) is 12.3 Å². The standard InChI is InChI=1S/C16H19BF2N2O2/c1-15(2)16(3,4)23-17(22-15)13-8-9-21(20-13)10-11-6-5-7-12(18)14(11)19/h5-9H,10H2,1-4H3. The Morgan fingerprint density at radius 2 is 1.74 bits per heavy atom. The van der Waals surface area contributed by atoms with Crippen LogP contribution in [0.15, 0.2) is 30.5 Å². The van der Waals surface area contributed by atoms with Crippen LogP contribution in [0.3, 0.4) is 0 Å². The van der Waals surface area contributed by atoms with Gasteiger partial charge in [0.2, 0.25) is 0 Å². The highest BCUT2D eigenvalue weighted by atomic mass is 19.2. The van der Waals surface area contributed by atoms with Crippen molar-refractivity contribution in [2.45, 2.75) is 45.4 Å². The highest BCUT2D eigenvalue weighted by Crippen LogP contribution is 2.36. The van der Waals surface area contributed by atoms with Gasteiger partial charge in [-0.2, -0.15) is 5.10 Å². The summed E-state index contributed by atoms with van der Waals surface area (Å²) in [6.07, 6.45) is 1.70. The maximum atomic E-state index is 13.7. The van der Waals surface area contributed by atoms with Crippen molar-refractivity contribution in [3.63, 3.8) is 0 Å². The number of rotatable bonds is 3. The molecule has 3 rings (SSSR count). The quantitative estimate of drug-likeness (QED) is 0.816. The molecule has 0 saturated carbocycles. The van der Waals surface area contributed by atoms with Gasteiger partial charge in [0.25, 0.3) is 0 Å². The molecule has 0 atom stereocenters. The Morgan fingerprint density at radius 3 is 2.39 bits per heavy atom. The number of nitrogens with zero attached hydrogens (tertiary/aromatic N) is 2. The topological polar surface area (TPSA) is 36.3 Å². The summed E-state index contributed by atoms with van der Waals surface area (Å²) in [7, 11) is -0.571. The molecule has 0 bridgehead atoms. The molecule has 7 heteroatoms. The second-order valence-corrected chi connectivity index (χ2v) is 6.74. The van der Waals surface area contributed by atoms with Crippen LogP contribution in [0.1, 0.15) is 33.3 Å². The van der Waals surface area contributed by atoms with E-state index in [4.69, 9.17) is 9.31 Å². The lowest BCUT2D eigenvalue weighted by atomic mass is 9.85.